The summed E-state index contributed by atoms with van der Waals surface area (Å²) in [4.78, 5) is 11.9. The van der Waals surface area contributed by atoms with Gasteiger partial charge in [-0.15, -0.1) is 0 Å². The molecule has 23 heavy (non-hydrogen) atoms. The summed E-state index contributed by atoms with van der Waals surface area (Å²) < 4.78 is 5.37. The number of benzene rings is 3. The number of fused-ring (bicyclic) bond motifs is 2. The molecule has 3 heteroatoms. The molecule has 0 unspecified atom stereocenters. The van der Waals surface area contributed by atoms with Crippen LogP contribution in [-0.2, 0) is 10.5 Å². The zero-order valence-electron chi connectivity index (χ0n) is 13.6. The van der Waals surface area contributed by atoms with E-state index in [9.17, 15) is 4.79 Å². The van der Waals surface area contributed by atoms with Crippen molar-refractivity contribution in [1.29, 1.82) is 0 Å². The van der Waals surface area contributed by atoms with E-state index < -0.39 is 5.60 Å². The molecular formula is C20H20O2S. The molecular weight excluding hydrogens is 304 g/mol. The van der Waals surface area contributed by atoms with Crippen molar-refractivity contribution in [2.45, 2.75) is 32.1 Å². The highest BCUT2D eigenvalue weighted by Gasteiger charge is 2.17. The van der Waals surface area contributed by atoms with Crippen molar-refractivity contribution in [3.8, 4) is 0 Å². The highest BCUT2D eigenvalue weighted by molar-refractivity contribution is 8.12. The molecule has 0 spiro atoms. The van der Waals surface area contributed by atoms with E-state index in [0.717, 1.165) is 5.56 Å². The topological polar surface area (TPSA) is 26.3 Å². The number of rotatable bonds is 2. The minimum atomic E-state index is -0.445. The van der Waals surface area contributed by atoms with E-state index in [1.807, 2.05) is 32.9 Å². The van der Waals surface area contributed by atoms with Gasteiger partial charge in [-0.25, -0.2) is 4.79 Å². The Kier molecular flexibility index (Phi) is 4.31. The summed E-state index contributed by atoms with van der Waals surface area (Å²) in [7, 11) is 0. The van der Waals surface area contributed by atoms with Crippen LogP contribution in [0.2, 0.25) is 0 Å². The third-order valence-electron chi connectivity index (χ3n) is 3.57. The second-order valence-corrected chi connectivity index (χ2v) is 7.50. The fourth-order valence-corrected chi connectivity index (χ4v) is 3.41. The third kappa shape index (κ3) is 3.85. The summed E-state index contributed by atoms with van der Waals surface area (Å²) >= 11 is 1.22. The molecule has 3 rings (SSSR count). The number of carbonyl (C=O) groups excluding carboxylic acids is 1. The molecule has 0 saturated carbocycles. The molecule has 0 atom stereocenters. The van der Waals surface area contributed by atoms with Crippen molar-refractivity contribution >= 4 is 38.6 Å². The lowest BCUT2D eigenvalue weighted by atomic mass is 10.0. The van der Waals surface area contributed by atoms with Crippen molar-refractivity contribution in [2.24, 2.45) is 0 Å². The molecule has 3 aromatic carbocycles. The average Bonchev–Trinajstić information content (AvgIpc) is 2.49. The van der Waals surface area contributed by atoms with Gasteiger partial charge in [0.25, 0.3) is 0 Å². The van der Waals surface area contributed by atoms with Crippen molar-refractivity contribution in [3.63, 3.8) is 0 Å². The number of ether oxygens (including phenoxy) is 1. The van der Waals surface area contributed by atoms with Crippen LogP contribution >= 0.6 is 11.8 Å². The van der Waals surface area contributed by atoms with Crippen LogP contribution in [0, 0.1) is 0 Å². The van der Waals surface area contributed by atoms with Gasteiger partial charge in [-0.1, -0.05) is 42.5 Å². The van der Waals surface area contributed by atoms with Gasteiger partial charge < -0.3 is 4.74 Å². The molecule has 0 bridgehead atoms. The lowest BCUT2D eigenvalue weighted by Crippen LogP contribution is -2.21. The maximum atomic E-state index is 11.9. The Morgan fingerprint density at radius 3 is 2.30 bits per heavy atom. The molecule has 0 N–H and O–H groups in total. The quantitative estimate of drug-likeness (QED) is 0.417. The largest absolute Gasteiger partial charge is 0.452 e. The third-order valence-corrected chi connectivity index (χ3v) is 4.35. The van der Waals surface area contributed by atoms with Crippen LogP contribution in [0.3, 0.4) is 0 Å². The van der Waals surface area contributed by atoms with E-state index in [2.05, 4.69) is 42.5 Å². The van der Waals surface area contributed by atoms with E-state index >= 15 is 0 Å². The molecule has 0 aromatic heterocycles. The summed E-state index contributed by atoms with van der Waals surface area (Å²) in [6.45, 7) is 5.65. The molecule has 0 aliphatic carbocycles. The first kappa shape index (κ1) is 15.9. The first-order valence-corrected chi connectivity index (χ1v) is 8.67. The lowest BCUT2D eigenvalue weighted by molar-refractivity contribution is 0.0738. The van der Waals surface area contributed by atoms with Gasteiger partial charge >= 0.3 is 5.30 Å². The van der Waals surface area contributed by atoms with Gasteiger partial charge in [-0.05, 0) is 71.8 Å². The Balaban J connectivity index is 1.89. The van der Waals surface area contributed by atoms with Crippen LogP contribution in [0.15, 0.2) is 54.6 Å². The maximum Gasteiger partial charge on any atom is 0.368 e. The lowest BCUT2D eigenvalue weighted by Gasteiger charge is -2.19. The Morgan fingerprint density at radius 2 is 1.61 bits per heavy atom. The van der Waals surface area contributed by atoms with Gasteiger partial charge in [0.15, 0.2) is 0 Å². The normalized spacial score (nSPS) is 11.8. The molecule has 3 aromatic rings. The van der Waals surface area contributed by atoms with Crippen molar-refractivity contribution in [3.05, 3.63) is 60.2 Å². The molecule has 0 fully saturated rings. The molecule has 0 saturated heterocycles. The maximum absolute atomic E-state index is 11.9. The summed E-state index contributed by atoms with van der Waals surface area (Å²) in [6, 6.07) is 19.0. The number of carbonyl (C=O) groups is 1. The standard InChI is InChI=1S/C20H20O2S/c1-20(2,3)22-19(21)23-13-17-10-6-9-16-11-14-7-4-5-8-15(14)12-18(16)17/h4-12H,13H2,1-3H3. The molecule has 0 aliphatic rings. The zero-order chi connectivity index (χ0) is 16.4. The molecule has 0 radical (unpaired) electrons. The number of hydrogen-bond donors (Lipinski definition) is 0. The monoisotopic (exact) mass is 324 g/mol. The Labute approximate surface area is 140 Å². The SMILES string of the molecule is CC(C)(C)OC(=O)SCc1cccc2cc3ccccc3cc12. The summed E-state index contributed by atoms with van der Waals surface area (Å²) in [6.07, 6.45) is 0. The number of thioether (sulfide) groups is 1. The van der Waals surface area contributed by atoms with Crippen molar-refractivity contribution in [2.75, 3.05) is 0 Å². The fraction of sp³-hybridized carbons (Fsp3) is 0.250. The highest BCUT2D eigenvalue weighted by atomic mass is 32.2. The summed E-state index contributed by atoms with van der Waals surface area (Å²) in [5, 5.41) is 4.62. The molecule has 0 aliphatic heterocycles. The molecule has 0 amide bonds. The first-order valence-electron chi connectivity index (χ1n) is 7.68. The molecule has 0 heterocycles. The Morgan fingerprint density at radius 1 is 0.957 bits per heavy atom. The van der Waals surface area contributed by atoms with E-state index in [1.54, 1.807) is 0 Å². The Hall–Kier alpha value is -2.00. The van der Waals surface area contributed by atoms with E-state index in [4.69, 9.17) is 4.74 Å². The van der Waals surface area contributed by atoms with Crippen LogP contribution in [-0.4, -0.2) is 10.9 Å². The van der Waals surface area contributed by atoms with Gasteiger partial charge in [0.2, 0.25) is 0 Å². The first-order chi connectivity index (χ1) is 10.9. The fourth-order valence-electron chi connectivity index (χ4n) is 2.57. The molecule has 118 valence electrons. The predicted molar refractivity (Wildman–Crippen MR) is 99.0 cm³/mol. The minimum absolute atomic E-state index is 0.227. The van der Waals surface area contributed by atoms with Gasteiger partial charge in [0.1, 0.15) is 5.60 Å². The van der Waals surface area contributed by atoms with Gasteiger partial charge in [-0.2, -0.15) is 0 Å². The van der Waals surface area contributed by atoms with E-state index in [-0.39, 0.29) is 5.30 Å². The van der Waals surface area contributed by atoms with Gasteiger partial charge in [-0.3, -0.25) is 0 Å². The van der Waals surface area contributed by atoms with Crippen LogP contribution in [0.1, 0.15) is 26.3 Å². The Bertz CT molecular complexity index is 862. The minimum Gasteiger partial charge on any atom is -0.452 e. The van der Waals surface area contributed by atoms with E-state index in [0.29, 0.717) is 5.75 Å². The average molecular weight is 324 g/mol. The van der Waals surface area contributed by atoms with Gasteiger partial charge in [0.05, 0.1) is 0 Å². The van der Waals surface area contributed by atoms with Crippen LogP contribution < -0.4 is 0 Å². The second kappa shape index (κ2) is 6.25. The van der Waals surface area contributed by atoms with Crippen molar-refractivity contribution < 1.29 is 9.53 Å². The van der Waals surface area contributed by atoms with Crippen molar-refractivity contribution in [1.82, 2.24) is 0 Å². The van der Waals surface area contributed by atoms with Crippen LogP contribution in [0.5, 0.6) is 0 Å². The highest BCUT2D eigenvalue weighted by Crippen LogP contribution is 2.28. The summed E-state index contributed by atoms with van der Waals surface area (Å²) in [5.74, 6) is 0.616. The number of hydrogen-bond acceptors (Lipinski definition) is 3. The smallest absolute Gasteiger partial charge is 0.368 e. The van der Waals surface area contributed by atoms with Crippen LogP contribution in [0.25, 0.3) is 21.5 Å². The predicted octanol–water partition coefficient (Wildman–Crippen LogP) is 6.16. The van der Waals surface area contributed by atoms with Crippen LogP contribution in [0.4, 0.5) is 4.79 Å². The van der Waals surface area contributed by atoms with E-state index in [1.165, 1.54) is 33.3 Å². The zero-order valence-corrected chi connectivity index (χ0v) is 14.4. The second-order valence-electron chi connectivity index (χ2n) is 6.59. The molecule has 2 nitrogen and oxygen atoms in total. The summed E-state index contributed by atoms with van der Waals surface area (Å²) in [5.41, 5.74) is 0.711. The van der Waals surface area contributed by atoms with Gasteiger partial charge in [0, 0.05) is 5.75 Å².